The minimum atomic E-state index is -1.12. The van der Waals surface area contributed by atoms with Gasteiger partial charge in [-0.15, -0.1) is 0 Å². The quantitative estimate of drug-likeness (QED) is 0.626. The van der Waals surface area contributed by atoms with E-state index in [-0.39, 0.29) is 34.9 Å². The van der Waals surface area contributed by atoms with Crippen LogP contribution in [0.5, 0.6) is 5.75 Å². The van der Waals surface area contributed by atoms with Gasteiger partial charge in [0.1, 0.15) is 5.75 Å². The zero-order valence-electron chi connectivity index (χ0n) is 11.0. The number of nitrogens with two attached hydrogens (primary N) is 1. The van der Waals surface area contributed by atoms with Crippen molar-refractivity contribution < 1.29 is 19.8 Å². The van der Waals surface area contributed by atoms with E-state index >= 15 is 0 Å². The molecule has 1 aromatic rings. The van der Waals surface area contributed by atoms with Gasteiger partial charge in [0.05, 0.1) is 17.2 Å². The summed E-state index contributed by atoms with van der Waals surface area (Å²) >= 11 is 0. The zero-order valence-corrected chi connectivity index (χ0v) is 11.0. The third-order valence-electron chi connectivity index (χ3n) is 3.66. The summed E-state index contributed by atoms with van der Waals surface area (Å²) in [5.74, 6) is -1.84. The Morgan fingerprint density at radius 1 is 1.25 bits per heavy atom. The van der Waals surface area contributed by atoms with Crippen LogP contribution in [0.3, 0.4) is 0 Å². The normalized spacial score (nSPS) is 22.2. The minimum absolute atomic E-state index is 0.00560. The Hall–Kier alpha value is -2.08. The lowest BCUT2D eigenvalue weighted by Gasteiger charge is -2.27. The van der Waals surface area contributed by atoms with Gasteiger partial charge in [0.15, 0.2) is 0 Å². The Balaban J connectivity index is 2.14. The summed E-state index contributed by atoms with van der Waals surface area (Å²) in [6.07, 6.45) is 3.49. The van der Waals surface area contributed by atoms with Gasteiger partial charge in [-0.1, -0.05) is 12.8 Å². The number of nitrogens with one attached hydrogen (secondary N) is 1. The van der Waals surface area contributed by atoms with Crippen molar-refractivity contribution in [2.45, 2.75) is 31.7 Å². The monoisotopic (exact) mass is 278 g/mol. The lowest BCUT2D eigenvalue weighted by molar-refractivity contribution is -0.121. The maximum absolute atomic E-state index is 12.2. The molecule has 1 fully saturated rings. The molecule has 0 heterocycles. The maximum Gasteiger partial charge on any atom is 0.335 e. The predicted molar refractivity (Wildman–Crippen MR) is 73.6 cm³/mol. The van der Waals surface area contributed by atoms with Crippen LogP contribution in [-0.4, -0.2) is 28.1 Å². The molecule has 2 rings (SSSR count). The molecule has 1 aliphatic rings. The first kappa shape index (κ1) is 14.3. The number of phenolic OH excluding ortho intramolecular Hbond substituents is 1. The van der Waals surface area contributed by atoms with Crippen molar-refractivity contribution in [1.82, 2.24) is 0 Å². The summed E-state index contributed by atoms with van der Waals surface area (Å²) in [4.78, 5) is 23.1. The van der Waals surface area contributed by atoms with E-state index in [1.165, 1.54) is 18.2 Å². The predicted octanol–water partition coefficient (Wildman–Crippen LogP) is 1.55. The topological polar surface area (TPSA) is 113 Å². The highest BCUT2D eigenvalue weighted by Gasteiger charge is 2.28. The first-order valence-corrected chi connectivity index (χ1v) is 6.62. The number of carbonyl (C=O) groups excluding carboxylic acids is 1. The second kappa shape index (κ2) is 5.92. The van der Waals surface area contributed by atoms with Crippen molar-refractivity contribution in [2.24, 2.45) is 11.7 Å². The average molecular weight is 278 g/mol. The van der Waals surface area contributed by atoms with E-state index in [4.69, 9.17) is 10.8 Å². The number of carbonyl (C=O) groups is 2. The Morgan fingerprint density at radius 3 is 2.60 bits per heavy atom. The molecule has 6 heteroatoms. The van der Waals surface area contributed by atoms with Gasteiger partial charge in [-0.05, 0) is 31.0 Å². The summed E-state index contributed by atoms with van der Waals surface area (Å²) in [6, 6.07) is 3.58. The number of hydrogen-bond acceptors (Lipinski definition) is 4. The molecule has 1 aliphatic carbocycles. The highest BCUT2D eigenvalue weighted by atomic mass is 16.4. The van der Waals surface area contributed by atoms with Crippen molar-refractivity contribution in [2.75, 3.05) is 5.32 Å². The van der Waals surface area contributed by atoms with Crippen molar-refractivity contribution in [1.29, 1.82) is 0 Å². The number of anilines is 1. The molecular weight excluding hydrogens is 260 g/mol. The molecule has 6 nitrogen and oxygen atoms in total. The molecule has 5 N–H and O–H groups in total. The standard InChI is InChI=1S/C14H18N2O4/c15-10-4-2-1-3-9(10)13(18)16-11-7-8(14(19)20)5-6-12(11)17/h5-7,9-10,17H,1-4,15H2,(H,16,18)(H,19,20). The molecule has 2 unspecified atom stereocenters. The molecule has 1 saturated carbocycles. The smallest absolute Gasteiger partial charge is 0.335 e. The van der Waals surface area contributed by atoms with Gasteiger partial charge in [0, 0.05) is 6.04 Å². The van der Waals surface area contributed by atoms with E-state index in [0.717, 1.165) is 19.3 Å². The van der Waals surface area contributed by atoms with Gasteiger partial charge in [-0.3, -0.25) is 4.79 Å². The van der Waals surface area contributed by atoms with E-state index in [2.05, 4.69) is 5.32 Å². The molecule has 0 saturated heterocycles. The Bertz CT molecular complexity index is 530. The minimum Gasteiger partial charge on any atom is -0.506 e. The number of benzene rings is 1. The van der Waals surface area contributed by atoms with Crippen LogP contribution in [0.1, 0.15) is 36.0 Å². The molecular formula is C14H18N2O4. The van der Waals surface area contributed by atoms with Crippen LogP contribution < -0.4 is 11.1 Å². The van der Waals surface area contributed by atoms with Crippen LogP contribution in [0, 0.1) is 5.92 Å². The number of carboxylic acid groups (broad SMARTS) is 1. The number of aromatic hydroxyl groups is 1. The zero-order chi connectivity index (χ0) is 14.7. The Kier molecular flexibility index (Phi) is 4.24. The number of amides is 1. The summed E-state index contributed by atoms with van der Waals surface area (Å²) < 4.78 is 0. The van der Waals surface area contributed by atoms with Gasteiger partial charge in [-0.25, -0.2) is 4.79 Å². The largest absolute Gasteiger partial charge is 0.506 e. The molecule has 0 bridgehead atoms. The van der Waals surface area contributed by atoms with E-state index in [1.807, 2.05) is 0 Å². The first-order chi connectivity index (χ1) is 9.49. The van der Waals surface area contributed by atoms with E-state index < -0.39 is 5.97 Å². The summed E-state index contributed by atoms with van der Waals surface area (Å²) in [7, 11) is 0. The summed E-state index contributed by atoms with van der Waals surface area (Å²) in [5.41, 5.74) is 6.04. The maximum atomic E-state index is 12.2. The van der Waals surface area contributed by atoms with Crippen molar-refractivity contribution >= 4 is 17.6 Å². The summed E-state index contributed by atoms with van der Waals surface area (Å²) in [6.45, 7) is 0. The van der Waals surface area contributed by atoms with Crippen molar-refractivity contribution in [3.8, 4) is 5.75 Å². The van der Waals surface area contributed by atoms with Crippen LogP contribution in [0.25, 0.3) is 0 Å². The third kappa shape index (κ3) is 3.08. The first-order valence-electron chi connectivity index (χ1n) is 6.62. The molecule has 0 aliphatic heterocycles. The van der Waals surface area contributed by atoms with Crippen LogP contribution in [0.4, 0.5) is 5.69 Å². The molecule has 0 radical (unpaired) electrons. The highest BCUT2D eigenvalue weighted by Crippen LogP contribution is 2.28. The lowest BCUT2D eigenvalue weighted by atomic mass is 9.84. The molecule has 20 heavy (non-hydrogen) atoms. The van der Waals surface area contributed by atoms with Crippen LogP contribution in [0.15, 0.2) is 18.2 Å². The molecule has 0 spiro atoms. The van der Waals surface area contributed by atoms with Gasteiger partial charge < -0.3 is 21.3 Å². The Morgan fingerprint density at radius 2 is 1.95 bits per heavy atom. The van der Waals surface area contributed by atoms with E-state index in [9.17, 15) is 14.7 Å². The second-order valence-electron chi connectivity index (χ2n) is 5.08. The fraction of sp³-hybridized carbons (Fsp3) is 0.429. The molecule has 0 aromatic heterocycles. The number of aromatic carboxylic acids is 1. The molecule has 1 aromatic carbocycles. The molecule has 2 atom stereocenters. The van der Waals surface area contributed by atoms with Gasteiger partial charge in [0.25, 0.3) is 0 Å². The lowest BCUT2D eigenvalue weighted by Crippen LogP contribution is -2.40. The van der Waals surface area contributed by atoms with Crippen molar-refractivity contribution in [3.63, 3.8) is 0 Å². The second-order valence-corrected chi connectivity index (χ2v) is 5.08. The van der Waals surface area contributed by atoms with Crippen LogP contribution in [-0.2, 0) is 4.79 Å². The molecule has 1 amide bonds. The van der Waals surface area contributed by atoms with Crippen molar-refractivity contribution in [3.05, 3.63) is 23.8 Å². The fourth-order valence-electron chi connectivity index (χ4n) is 2.48. The van der Waals surface area contributed by atoms with Gasteiger partial charge >= 0.3 is 5.97 Å². The average Bonchev–Trinajstić information content (AvgIpc) is 2.41. The van der Waals surface area contributed by atoms with Crippen LogP contribution in [0.2, 0.25) is 0 Å². The number of carboxylic acids is 1. The fourth-order valence-corrected chi connectivity index (χ4v) is 2.48. The Labute approximate surface area is 116 Å². The number of phenols is 1. The highest BCUT2D eigenvalue weighted by molar-refractivity contribution is 5.96. The molecule has 108 valence electrons. The van der Waals surface area contributed by atoms with E-state index in [0.29, 0.717) is 6.42 Å². The van der Waals surface area contributed by atoms with E-state index in [1.54, 1.807) is 0 Å². The van der Waals surface area contributed by atoms with Crippen LogP contribution >= 0.6 is 0 Å². The SMILES string of the molecule is NC1CCCCC1C(=O)Nc1cc(C(=O)O)ccc1O. The number of rotatable bonds is 3. The number of hydrogen-bond donors (Lipinski definition) is 4. The third-order valence-corrected chi connectivity index (χ3v) is 3.66. The van der Waals surface area contributed by atoms with Gasteiger partial charge in [0.2, 0.25) is 5.91 Å². The summed E-state index contributed by atoms with van der Waals surface area (Å²) in [5, 5.41) is 21.2. The van der Waals surface area contributed by atoms with Gasteiger partial charge in [-0.2, -0.15) is 0 Å².